The van der Waals surface area contributed by atoms with Crippen molar-refractivity contribution in [2.45, 2.75) is 24.0 Å². The first-order valence-corrected chi connectivity index (χ1v) is 12.9. The number of anilines is 1. The van der Waals surface area contributed by atoms with E-state index in [1.54, 1.807) is 10.7 Å². The van der Waals surface area contributed by atoms with Gasteiger partial charge in [-0.2, -0.15) is 0 Å². The molecule has 0 bridgehead atoms. The third kappa shape index (κ3) is 4.37. The average Bonchev–Trinajstić information content (AvgIpc) is 2.85. The molecule has 4 aromatic rings. The highest BCUT2D eigenvalue weighted by Gasteiger charge is 2.38. The van der Waals surface area contributed by atoms with Gasteiger partial charge in [0.05, 0.1) is 21.4 Å². The van der Waals surface area contributed by atoms with Crippen LogP contribution in [0.1, 0.15) is 24.2 Å². The molecule has 34 heavy (non-hydrogen) atoms. The number of hydrogen-bond donors (Lipinski definition) is 3. The minimum atomic E-state index is -0.461. The maximum atomic E-state index is 13.3. The molecule has 1 aromatic heterocycles. The molecule has 1 aliphatic heterocycles. The molecule has 1 aliphatic rings. The molecule has 2 heterocycles. The number of halogens is 1. The van der Waals surface area contributed by atoms with Gasteiger partial charge in [0, 0.05) is 16.4 Å². The molecule has 0 radical (unpaired) electrons. The summed E-state index contributed by atoms with van der Waals surface area (Å²) in [6, 6.07) is 21.4. The number of aromatic hydroxyl groups is 1. The fourth-order valence-corrected chi connectivity index (χ4v) is 5.35. The van der Waals surface area contributed by atoms with Crippen molar-refractivity contribution >= 4 is 40.0 Å². The Morgan fingerprint density at radius 1 is 1.15 bits per heavy atom. The number of ether oxygens (including phenoxy) is 1. The molecule has 3 aromatic carbocycles. The maximum Gasteiger partial charge on any atom is 0.325 e. The number of phenolic OH excluding ortho intramolecular Hbond substituents is 1. The Labute approximate surface area is 214 Å². The lowest BCUT2D eigenvalue weighted by Gasteiger charge is -2.23. The van der Waals surface area contributed by atoms with Gasteiger partial charge in [0.2, 0.25) is 5.16 Å². The molecule has 0 amide bonds. The Hall–Kier alpha value is -3.05. The van der Waals surface area contributed by atoms with E-state index in [1.165, 1.54) is 11.8 Å². The summed E-state index contributed by atoms with van der Waals surface area (Å²) in [6.45, 7) is 2.30. The van der Waals surface area contributed by atoms with Gasteiger partial charge in [-0.15, -0.1) is 0 Å². The standard InChI is InChI=1S/C25H21IN4O3S/c1-2-33-20-13-16(12-18(26)22(20)31)23-27-19-11-7-6-10-17(19)21-24(32)28-25(29-30(21)23)34-14-15-8-4-3-5-9-15/h3-13,23H,2,14H2,1H3,(H2,28,29,31,32)/p+1/t23-/m0/s1. The zero-order valence-corrected chi connectivity index (χ0v) is 21.3. The Kier molecular flexibility index (Phi) is 6.46. The van der Waals surface area contributed by atoms with E-state index in [9.17, 15) is 9.90 Å². The molecule has 9 heteroatoms. The Bertz CT molecular complexity index is 1410. The van der Waals surface area contributed by atoms with Crippen LogP contribution in [0.4, 0.5) is 5.69 Å². The number of hydrogen-bond acceptors (Lipinski definition) is 6. The molecule has 5 rings (SSSR count). The number of benzene rings is 3. The van der Waals surface area contributed by atoms with Gasteiger partial charge >= 0.3 is 11.3 Å². The largest absolute Gasteiger partial charge is 0.504 e. The summed E-state index contributed by atoms with van der Waals surface area (Å²) in [7, 11) is 0. The third-order valence-corrected chi connectivity index (χ3v) is 7.22. The number of thioether (sulfide) groups is 1. The predicted octanol–water partition coefficient (Wildman–Crippen LogP) is 4.70. The summed E-state index contributed by atoms with van der Waals surface area (Å²) < 4.78 is 8.04. The van der Waals surface area contributed by atoms with Crippen LogP contribution in [0.15, 0.2) is 76.7 Å². The fourth-order valence-electron chi connectivity index (χ4n) is 3.92. The number of para-hydroxylation sites is 1. The molecule has 3 N–H and O–H groups in total. The van der Waals surface area contributed by atoms with Crippen LogP contribution >= 0.6 is 34.4 Å². The molecule has 0 aliphatic carbocycles. The number of nitrogens with zero attached hydrogens (tertiary/aromatic N) is 2. The van der Waals surface area contributed by atoms with Gasteiger partial charge in [0.25, 0.3) is 6.17 Å². The topological polar surface area (TPSA) is 91.1 Å². The van der Waals surface area contributed by atoms with E-state index < -0.39 is 6.17 Å². The highest BCUT2D eigenvalue weighted by molar-refractivity contribution is 14.1. The summed E-state index contributed by atoms with van der Waals surface area (Å²) in [5, 5.41) is 19.3. The van der Waals surface area contributed by atoms with E-state index in [-0.39, 0.29) is 11.3 Å². The van der Waals surface area contributed by atoms with E-state index in [0.29, 0.717) is 32.5 Å². The summed E-state index contributed by atoms with van der Waals surface area (Å²) in [5.74, 6) is 1.19. The summed E-state index contributed by atoms with van der Waals surface area (Å²) in [5.41, 5.74) is 3.86. The average molecular weight is 585 g/mol. The second-order valence-corrected chi connectivity index (χ2v) is 9.83. The van der Waals surface area contributed by atoms with E-state index in [4.69, 9.17) is 9.84 Å². The lowest BCUT2D eigenvalue weighted by molar-refractivity contribution is -0.759. The molecular weight excluding hydrogens is 563 g/mol. The molecule has 0 spiro atoms. The second-order valence-electron chi connectivity index (χ2n) is 7.70. The van der Waals surface area contributed by atoms with Gasteiger partial charge in [-0.3, -0.25) is 9.78 Å². The molecule has 1 atom stereocenters. The van der Waals surface area contributed by atoms with Crippen molar-refractivity contribution in [3.05, 3.63) is 91.8 Å². The minimum Gasteiger partial charge on any atom is -0.504 e. The van der Waals surface area contributed by atoms with Crippen molar-refractivity contribution in [2.24, 2.45) is 0 Å². The number of aromatic amines is 1. The summed E-state index contributed by atoms with van der Waals surface area (Å²) >= 11 is 3.56. The number of H-pyrrole nitrogens is 1. The number of aromatic nitrogens is 3. The zero-order valence-electron chi connectivity index (χ0n) is 18.3. The highest BCUT2D eigenvalue weighted by Crippen LogP contribution is 2.37. The van der Waals surface area contributed by atoms with E-state index >= 15 is 0 Å². The van der Waals surface area contributed by atoms with Crippen LogP contribution in [0.5, 0.6) is 11.5 Å². The van der Waals surface area contributed by atoms with Crippen LogP contribution < -0.4 is 20.3 Å². The van der Waals surface area contributed by atoms with Gasteiger partial charge in [0.15, 0.2) is 11.5 Å². The van der Waals surface area contributed by atoms with Crippen LogP contribution in [-0.2, 0) is 5.75 Å². The quantitative estimate of drug-likeness (QED) is 0.173. The first kappa shape index (κ1) is 22.7. The zero-order chi connectivity index (χ0) is 23.7. The lowest BCUT2D eigenvalue weighted by Crippen LogP contribution is -2.55. The number of phenols is 1. The van der Waals surface area contributed by atoms with Crippen LogP contribution in [-0.4, -0.2) is 21.8 Å². The molecule has 172 valence electrons. The van der Waals surface area contributed by atoms with Crippen molar-refractivity contribution in [1.82, 2.24) is 10.1 Å². The van der Waals surface area contributed by atoms with Gasteiger partial charge in [0.1, 0.15) is 0 Å². The molecular formula is C25H22IN4O3S+. The predicted molar refractivity (Wildman–Crippen MR) is 140 cm³/mol. The lowest BCUT2D eigenvalue weighted by atomic mass is 10.0. The minimum absolute atomic E-state index is 0.102. The van der Waals surface area contributed by atoms with Crippen molar-refractivity contribution in [3.63, 3.8) is 0 Å². The van der Waals surface area contributed by atoms with Gasteiger partial charge < -0.3 is 15.2 Å². The molecule has 0 saturated carbocycles. The van der Waals surface area contributed by atoms with Crippen LogP contribution in [0.3, 0.4) is 0 Å². The summed E-state index contributed by atoms with van der Waals surface area (Å²) in [4.78, 5) is 16.3. The fraction of sp³-hybridized carbons (Fsp3) is 0.160. The molecule has 7 nitrogen and oxygen atoms in total. The molecule has 0 unspecified atom stereocenters. The Balaban J connectivity index is 1.62. The van der Waals surface area contributed by atoms with Crippen molar-refractivity contribution in [1.29, 1.82) is 0 Å². The maximum absolute atomic E-state index is 13.3. The van der Waals surface area contributed by atoms with Gasteiger partial charge in [-0.1, -0.05) is 54.2 Å². The van der Waals surface area contributed by atoms with E-state index in [0.717, 1.165) is 22.4 Å². The normalized spacial score (nSPS) is 14.1. The molecule has 0 saturated heterocycles. The van der Waals surface area contributed by atoms with Crippen LogP contribution in [0.25, 0.3) is 11.3 Å². The van der Waals surface area contributed by atoms with Crippen molar-refractivity contribution in [3.8, 4) is 22.8 Å². The van der Waals surface area contributed by atoms with Crippen LogP contribution in [0, 0.1) is 3.57 Å². The highest BCUT2D eigenvalue weighted by atomic mass is 127. The third-order valence-electron chi connectivity index (χ3n) is 5.47. The first-order chi connectivity index (χ1) is 16.5. The van der Waals surface area contributed by atoms with Gasteiger partial charge in [-0.05, 0) is 64.0 Å². The summed E-state index contributed by atoms with van der Waals surface area (Å²) in [6.07, 6.45) is -0.461. The van der Waals surface area contributed by atoms with E-state index in [2.05, 4.69) is 32.9 Å². The molecule has 0 fully saturated rings. The first-order valence-electron chi connectivity index (χ1n) is 10.8. The van der Waals surface area contributed by atoms with Gasteiger partial charge in [-0.25, -0.2) is 0 Å². The van der Waals surface area contributed by atoms with Crippen molar-refractivity contribution in [2.75, 3.05) is 11.9 Å². The SMILES string of the molecule is CCOc1cc([C@H]2Nc3ccccc3-c3c(=O)[nH]c(SCc4ccccc4)n[n+]32)cc(I)c1O. The number of nitrogens with one attached hydrogen (secondary N) is 2. The Morgan fingerprint density at radius 3 is 2.71 bits per heavy atom. The van der Waals surface area contributed by atoms with Crippen LogP contribution in [0.2, 0.25) is 0 Å². The number of rotatable bonds is 6. The van der Waals surface area contributed by atoms with Crippen molar-refractivity contribution < 1.29 is 14.5 Å². The smallest absolute Gasteiger partial charge is 0.325 e. The monoisotopic (exact) mass is 585 g/mol. The Morgan fingerprint density at radius 2 is 1.91 bits per heavy atom. The number of fused-ring (bicyclic) bond motifs is 3. The second kappa shape index (κ2) is 9.67. The van der Waals surface area contributed by atoms with E-state index in [1.807, 2.05) is 67.6 Å².